The van der Waals surface area contributed by atoms with Crippen molar-refractivity contribution >= 4 is 28.5 Å². The van der Waals surface area contributed by atoms with Crippen LogP contribution in [0.25, 0.3) is 10.8 Å². The molecule has 0 radical (unpaired) electrons. The minimum Gasteiger partial charge on any atom is -0.481 e. The van der Waals surface area contributed by atoms with E-state index in [1.165, 1.54) is 12.7 Å². The number of fused-ring (bicyclic) bond motifs is 1. The molecule has 5 nitrogen and oxygen atoms in total. The lowest BCUT2D eigenvalue weighted by molar-refractivity contribution is -0.142. The molecule has 0 saturated carbocycles. The van der Waals surface area contributed by atoms with E-state index in [0.29, 0.717) is 11.5 Å². The van der Waals surface area contributed by atoms with Crippen LogP contribution in [0.3, 0.4) is 0 Å². The second kappa shape index (κ2) is 13.8. The first-order valence-corrected chi connectivity index (χ1v) is 13.5. The van der Waals surface area contributed by atoms with Crippen molar-refractivity contribution in [2.75, 3.05) is 31.8 Å². The van der Waals surface area contributed by atoms with Gasteiger partial charge in [0.1, 0.15) is 11.9 Å². The lowest BCUT2D eigenvalue weighted by atomic mass is 10.0. The highest BCUT2D eigenvalue weighted by Crippen LogP contribution is 2.29. The van der Waals surface area contributed by atoms with Gasteiger partial charge < -0.3 is 19.3 Å². The summed E-state index contributed by atoms with van der Waals surface area (Å²) in [6.07, 6.45) is 0.0752. The monoisotopic (exact) mass is 516 g/mol. The van der Waals surface area contributed by atoms with Gasteiger partial charge in [-0.1, -0.05) is 91.0 Å². The van der Waals surface area contributed by atoms with Gasteiger partial charge >= 0.3 is 5.97 Å². The number of esters is 1. The summed E-state index contributed by atoms with van der Waals surface area (Å²) >= 11 is 1.71. The maximum absolute atomic E-state index is 11.5. The number of hydrogen-bond acceptors (Lipinski definition) is 6. The summed E-state index contributed by atoms with van der Waals surface area (Å²) in [4.78, 5) is 11.5. The van der Waals surface area contributed by atoms with Crippen LogP contribution in [0.1, 0.15) is 22.8 Å². The number of carbonyl (C=O) groups is 1. The van der Waals surface area contributed by atoms with Crippen LogP contribution in [0, 0.1) is 0 Å². The van der Waals surface area contributed by atoms with Gasteiger partial charge in [-0.25, -0.2) is 4.79 Å². The van der Waals surface area contributed by atoms with E-state index in [1.54, 1.807) is 11.8 Å². The summed E-state index contributed by atoms with van der Waals surface area (Å²) in [6.45, 7) is 0.141. The Kier molecular flexibility index (Phi) is 10.0. The lowest BCUT2D eigenvalue weighted by Crippen LogP contribution is -2.21. The van der Waals surface area contributed by atoms with Gasteiger partial charge in [-0.2, -0.15) is 11.8 Å². The summed E-state index contributed by atoms with van der Waals surface area (Å²) in [5.74, 6) is 1.71. The molecule has 0 spiro atoms. The number of aliphatic hydroxyl groups is 1. The number of aliphatic hydroxyl groups excluding tert-OH is 1. The van der Waals surface area contributed by atoms with Crippen LogP contribution in [0.5, 0.6) is 5.75 Å². The summed E-state index contributed by atoms with van der Waals surface area (Å²) in [5, 5.41) is 12.7. The van der Waals surface area contributed by atoms with Crippen molar-refractivity contribution in [3.63, 3.8) is 0 Å². The molecular weight excluding hydrogens is 484 g/mol. The van der Waals surface area contributed by atoms with Crippen molar-refractivity contribution in [1.29, 1.82) is 0 Å². The van der Waals surface area contributed by atoms with Crippen LogP contribution in [0.2, 0.25) is 0 Å². The quantitative estimate of drug-likeness (QED) is 0.178. The SMILES string of the molecule is COC(=O)COc1cccc2c(CCSCC(O)COC(c3ccccc3)c3ccccc3)cccc12. The van der Waals surface area contributed by atoms with E-state index in [-0.39, 0.29) is 19.3 Å². The van der Waals surface area contributed by atoms with Crippen molar-refractivity contribution in [3.8, 4) is 5.75 Å². The van der Waals surface area contributed by atoms with Crippen molar-refractivity contribution in [3.05, 3.63) is 114 Å². The minimum atomic E-state index is -0.564. The van der Waals surface area contributed by atoms with Crippen LogP contribution in [0.4, 0.5) is 0 Å². The van der Waals surface area contributed by atoms with Crippen molar-refractivity contribution < 1.29 is 24.1 Å². The Balaban J connectivity index is 1.29. The summed E-state index contributed by atoms with van der Waals surface area (Å²) in [6, 6.07) is 32.2. The Morgan fingerprint density at radius 1 is 0.838 bits per heavy atom. The Morgan fingerprint density at radius 2 is 1.49 bits per heavy atom. The number of ether oxygens (including phenoxy) is 3. The van der Waals surface area contributed by atoms with Gasteiger partial charge in [0.15, 0.2) is 6.61 Å². The maximum atomic E-state index is 11.5. The molecule has 0 fully saturated rings. The first-order chi connectivity index (χ1) is 18.2. The number of aryl methyl sites for hydroxylation is 1. The first-order valence-electron chi connectivity index (χ1n) is 12.3. The van der Waals surface area contributed by atoms with Gasteiger partial charge in [-0.05, 0) is 40.3 Å². The summed E-state index contributed by atoms with van der Waals surface area (Å²) < 4.78 is 16.5. The molecule has 4 rings (SSSR count). The van der Waals surface area contributed by atoms with E-state index in [1.807, 2.05) is 60.7 Å². The zero-order chi connectivity index (χ0) is 25.9. The van der Waals surface area contributed by atoms with Crippen LogP contribution in [-0.4, -0.2) is 49.0 Å². The molecule has 0 aliphatic heterocycles. The molecule has 4 aromatic carbocycles. The molecule has 37 heavy (non-hydrogen) atoms. The molecule has 0 aliphatic rings. The second-order valence-corrected chi connectivity index (χ2v) is 9.80. The van der Waals surface area contributed by atoms with Crippen LogP contribution in [0.15, 0.2) is 97.1 Å². The minimum absolute atomic E-state index is 0.120. The third-order valence-electron chi connectivity index (χ3n) is 6.03. The number of rotatable bonds is 13. The molecule has 1 N–H and O–H groups in total. The molecule has 6 heteroatoms. The fourth-order valence-corrected chi connectivity index (χ4v) is 5.08. The Bertz CT molecular complexity index is 1220. The topological polar surface area (TPSA) is 65.0 Å². The van der Waals surface area contributed by atoms with E-state index in [0.717, 1.165) is 34.1 Å². The average Bonchev–Trinajstić information content (AvgIpc) is 2.95. The second-order valence-electron chi connectivity index (χ2n) is 8.65. The molecule has 0 aliphatic carbocycles. The first kappa shape index (κ1) is 26.7. The molecule has 0 heterocycles. The third kappa shape index (κ3) is 7.59. The largest absolute Gasteiger partial charge is 0.481 e. The average molecular weight is 517 g/mol. The van der Waals surface area contributed by atoms with E-state index < -0.39 is 12.1 Å². The van der Waals surface area contributed by atoms with Gasteiger partial charge in [0, 0.05) is 11.1 Å². The maximum Gasteiger partial charge on any atom is 0.343 e. The molecule has 0 amide bonds. The van der Waals surface area contributed by atoms with Crippen molar-refractivity contribution in [1.82, 2.24) is 0 Å². The number of benzene rings is 4. The highest BCUT2D eigenvalue weighted by Gasteiger charge is 2.16. The zero-order valence-electron chi connectivity index (χ0n) is 20.9. The predicted octanol–water partition coefficient (Wildman–Crippen LogP) is 5.83. The van der Waals surface area contributed by atoms with Gasteiger partial charge in [-0.3, -0.25) is 0 Å². The number of carbonyl (C=O) groups excluding carboxylic acids is 1. The van der Waals surface area contributed by atoms with Gasteiger partial charge in [0.25, 0.3) is 0 Å². The van der Waals surface area contributed by atoms with Gasteiger partial charge in [0.2, 0.25) is 0 Å². The Labute approximate surface area is 222 Å². The van der Waals surface area contributed by atoms with E-state index in [4.69, 9.17) is 9.47 Å². The highest BCUT2D eigenvalue weighted by molar-refractivity contribution is 7.99. The van der Waals surface area contributed by atoms with Crippen molar-refractivity contribution in [2.45, 2.75) is 18.6 Å². The molecule has 1 atom stereocenters. The van der Waals surface area contributed by atoms with Crippen LogP contribution in [-0.2, 0) is 20.7 Å². The van der Waals surface area contributed by atoms with E-state index in [2.05, 4.69) is 41.1 Å². The normalized spacial score (nSPS) is 12.0. The lowest BCUT2D eigenvalue weighted by Gasteiger charge is -2.21. The van der Waals surface area contributed by atoms with Crippen LogP contribution < -0.4 is 4.74 Å². The van der Waals surface area contributed by atoms with Crippen LogP contribution >= 0.6 is 11.8 Å². The number of hydrogen-bond donors (Lipinski definition) is 1. The standard InChI is InChI=1S/C31H32O5S/c1-34-30(33)21-35-29-17-9-15-27-23(14-8-16-28(27)29)18-19-37-22-26(32)20-36-31(24-10-4-2-5-11-24)25-12-6-3-7-13-25/h2-17,26,31-32H,18-22H2,1H3. The zero-order valence-corrected chi connectivity index (χ0v) is 21.7. The Hall–Kier alpha value is -3.32. The summed E-state index contributed by atoms with van der Waals surface area (Å²) in [5.41, 5.74) is 3.34. The third-order valence-corrected chi connectivity index (χ3v) is 7.14. The fourth-order valence-electron chi connectivity index (χ4n) is 4.18. The number of thioether (sulfide) groups is 1. The molecule has 1 unspecified atom stereocenters. The van der Waals surface area contributed by atoms with Gasteiger partial charge in [-0.15, -0.1) is 0 Å². The molecule has 192 valence electrons. The molecule has 0 aromatic heterocycles. The Morgan fingerprint density at radius 3 is 2.16 bits per heavy atom. The fraction of sp³-hybridized carbons (Fsp3) is 0.258. The summed E-state index contributed by atoms with van der Waals surface area (Å²) in [7, 11) is 1.35. The van der Waals surface area contributed by atoms with Gasteiger partial charge in [0.05, 0.1) is 19.8 Å². The highest BCUT2D eigenvalue weighted by atomic mass is 32.2. The van der Waals surface area contributed by atoms with Crippen molar-refractivity contribution in [2.24, 2.45) is 0 Å². The smallest absolute Gasteiger partial charge is 0.343 e. The van der Waals surface area contributed by atoms with E-state index in [9.17, 15) is 9.90 Å². The molecule has 0 saturated heterocycles. The molecule has 4 aromatic rings. The number of methoxy groups -OCH3 is 1. The van der Waals surface area contributed by atoms with E-state index >= 15 is 0 Å². The molecule has 0 bridgehead atoms. The molecular formula is C31H32O5S. The predicted molar refractivity (Wildman–Crippen MR) is 149 cm³/mol.